The fourth-order valence-electron chi connectivity index (χ4n) is 5.77. The number of hydrogen-bond acceptors (Lipinski definition) is 4. The molecule has 0 fully saturated rings. The van der Waals surface area contributed by atoms with Gasteiger partial charge in [-0.3, -0.25) is 9.59 Å². The summed E-state index contributed by atoms with van der Waals surface area (Å²) >= 11 is 0. The zero-order valence-corrected chi connectivity index (χ0v) is 29.2. The van der Waals surface area contributed by atoms with Crippen LogP contribution in [0.5, 0.6) is 0 Å². The van der Waals surface area contributed by atoms with Crippen molar-refractivity contribution >= 4 is 23.2 Å². The molecule has 0 bridgehead atoms. The lowest BCUT2D eigenvalue weighted by Crippen LogP contribution is -2.22. The third kappa shape index (κ3) is 19.4. The second-order valence-corrected chi connectivity index (χ2v) is 13.0. The summed E-state index contributed by atoms with van der Waals surface area (Å²) in [6.07, 6.45) is 19.3. The van der Waals surface area contributed by atoms with Crippen LogP contribution in [0.25, 0.3) is 0 Å². The molecule has 0 atom stereocenters. The summed E-state index contributed by atoms with van der Waals surface area (Å²) in [5, 5.41) is 6.16. The van der Waals surface area contributed by atoms with Gasteiger partial charge in [-0.1, -0.05) is 102 Å². The van der Waals surface area contributed by atoms with E-state index in [-0.39, 0.29) is 11.8 Å². The summed E-state index contributed by atoms with van der Waals surface area (Å²) in [6.45, 7) is 8.62. The van der Waals surface area contributed by atoms with Gasteiger partial charge in [0.2, 0.25) is 11.8 Å². The maximum absolute atomic E-state index is 12.6. The van der Waals surface area contributed by atoms with E-state index >= 15 is 0 Å². The molecule has 45 heavy (non-hydrogen) atoms. The van der Waals surface area contributed by atoms with E-state index in [1.54, 1.807) is 0 Å². The Kier molecular flexibility index (Phi) is 21.0. The molecule has 0 aromatic heterocycles. The molecule has 2 aromatic carbocycles. The molecule has 2 N–H and O–H groups in total. The monoisotopic (exact) mass is 621 g/mol. The molecule has 0 spiro atoms. The Labute approximate surface area is 275 Å². The van der Waals surface area contributed by atoms with Crippen molar-refractivity contribution in [2.24, 2.45) is 0 Å². The Morgan fingerprint density at radius 3 is 1.33 bits per heavy atom. The lowest BCUT2D eigenvalue weighted by atomic mass is 10.0. The van der Waals surface area contributed by atoms with Crippen molar-refractivity contribution < 1.29 is 9.59 Å². The fourth-order valence-corrected chi connectivity index (χ4v) is 5.77. The van der Waals surface area contributed by atoms with Gasteiger partial charge in [0.1, 0.15) is 0 Å². The highest BCUT2D eigenvalue weighted by molar-refractivity contribution is 5.91. The minimum atomic E-state index is 0.0680. The Hall–Kier alpha value is -2.70. The number of nitrogens with one attached hydrogen (secondary N) is 2. The van der Waals surface area contributed by atoms with E-state index < -0.39 is 0 Å². The maximum atomic E-state index is 12.6. The largest absolute Gasteiger partial charge is 0.326 e. The Bertz CT molecular complexity index is 989. The standard InChI is InChI=1S/C39H64N4O2/c1-5-7-9-11-13-15-27-42(3)29-19-25-38(44)40-36-23-17-21-34(32-36)31-35-22-18-24-37(33-35)41-39(45)26-20-30-43(4)28-16-14-12-10-8-6-2/h17-18,21-24,32-33H,5-16,19-20,25-31H2,1-4H3,(H,40,44)(H,41,45). The van der Waals surface area contributed by atoms with Crippen LogP contribution in [0.15, 0.2) is 48.5 Å². The number of amides is 2. The second-order valence-electron chi connectivity index (χ2n) is 13.0. The van der Waals surface area contributed by atoms with Crippen LogP contribution in [0.1, 0.15) is 128 Å². The lowest BCUT2D eigenvalue weighted by Gasteiger charge is -2.16. The maximum Gasteiger partial charge on any atom is 0.224 e. The van der Waals surface area contributed by atoms with Crippen molar-refractivity contribution in [3.8, 4) is 0 Å². The first-order chi connectivity index (χ1) is 21.9. The molecular weight excluding hydrogens is 556 g/mol. The molecule has 0 aliphatic rings. The van der Waals surface area contributed by atoms with Crippen molar-refractivity contribution in [2.75, 3.05) is 50.9 Å². The summed E-state index contributed by atoms with van der Waals surface area (Å²) in [6, 6.07) is 16.2. The number of carbonyl (C=O) groups excluding carboxylic acids is 2. The van der Waals surface area contributed by atoms with Gasteiger partial charge in [-0.05, 0) is 108 Å². The molecule has 0 unspecified atom stereocenters. The van der Waals surface area contributed by atoms with Gasteiger partial charge in [0, 0.05) is 24.2 Å². The zero-order valence-electron chi connectivity index (χ0n) is 29.2. The number of benzene rings is 2. The van der Waals surface area contributed by atoms with Crippen molar-refractivity contribution in [3.05, 3.63) is 59.7 Å². The third-order valence-corrected chi connectivity index (χ3v) is 8.50. The number of rotatable bonds is 26. The summed E-state index contributed by atoms with van der Waals surface area (Å²) in [7, 11) is 4.32. The molecule has 2 aromatic rings. The van der Waals surface area contributed by atoms with E-state index in [0.717, 1.165) is 67.9 Å². The van der Waals surface area contributed by atoms with Crippen molar-refractivity contribution in [3.63, 3.8) is 0 Å². The molecule has 0 aliphatic carbocycles. The predicted octanol–water partition coefficient (Wildman–Crippen LogP) is 9.30. The number of anilines is 2. The first-order valence-corrected chi connectivity index (χ1v) is 18.0. The number of unbranched alkanes of at least 4 members (excludes halogenated alkanes) is 10. The van der Waals surface area contributed by atoms with Crippen LogP contribution in [0, 0.1) is 0 Å². The highest BCUT2D eigenvalue weighted by Gasteiger charge is 2.08. The smallest absolute Gasteiger partial charge is 0.224 e. The van der Waals surface area contributed by atoms with Gasteiger partial charge < -0.3 is 20.4 Å². The number of hydrogen-bond donors (Lipinski definition) is 2. The van der Waals surface area contributed by atoms with E-state index in [1.165, 1.54) is 77.0 Å². The van der Waals surface area contributed by atoms with E-state index in [9.17, 15) is 9.59 Å². The van der Waals surface area contributed by atoms with Crippen molar-refractivity contribution in [1.82, 2.24) is 9.80 Å². The zero-order chi connectivity index (χ0) is 32.5. The molecule has 2 rings (SSSR count). The van der Waals surface area contributed by atoms with Crippen LogP contribution in [0.2, 0.25) is 0 Å². The first-order valence-electron chi connectivity index (χ1n) is 18.0. The highest BCUT2D eigenvalue weighted by Crippen LogP contribution is 2.18. The van der Waals surface area contributed by atoms with Gasteiger partial charge in [-0.2, -0.15) is 0 Å². The minimum Gasteiger partial charge on any atom is -0.326 e. The van der Waals surface area contributed by atoms with Crippen LogP contribution in [-0.4, -0.2) is 61.9 Å². The van der Waals surface area contributed by atoms with Crippen molar-refractivity contribution in [2.45, 2.75) is 123 Å². The lowest BCUT2D eigenvalue weighted by molar-refractivity contribution is -0.117. The SMILES string of the molecule is CCCCCCCCN(C)CCCC(=O)Nc1cccc(Cc2cccc(NC(=O)CCCN(C)CCCCCCCC)c2)c1. The molecule has 252 valence electrons. The van der Waals surface area contributed by atoms with Gasteiger partial charge in [0.05, 0.1) is 0 Å². The van der Waals surface area contributed by atoms with Crippen LogP contribution in [0.4, 0.5) is 11.4 Å². The molecule has 0 radical (unpaired) electrons. The Morgan fingerprint density at radius 1 is 0.533 bits per heavy atom. The summed E-state index contributed by atoms with van der Waals surface area (Å²) < 4.78 is 0. The molecule has 0 saturated carbocycles. The molecule has 6 nitrogen and oxygen atoms in total. The third-order valence-electron chi connectivity index (χ3n) is 8.50. The molecule has 0 saturated heterocycles. The van der Waals surface area contributed by atoms with Gasteiger partial charge in [0.15, 0.2) is 0 Å². The van der Waals surface area contributed by atoms with Crippen LogP contribution < -0.4 is 10.6 Å². The van der Waals surface area contributed by atoms with Gasteiger partial charge in [-0.25, -0.2) is 0 Å². The highest BCUT2D eigenvalue weighted by atomic mass is 16.2. The van der Waals surface area contributed by atoms with Gasteiger partial charge >= 0.3 is 0 Å². The molecule has 0 aliphatic heterocycles. The summed E-state index contributed by atoms with van der Waals surface area (Å²) in [5.74, 6) is 0.136. The van der Waals surface area contributed by atoms with E-state index in [2.05, 4.69) is 72.6 Å². The molecule has 2 amide bonds. The van der Waals surface area contributed by atoms with E-state index in [4.69, 9.17) is 0 Å². The van der Waals surface area contributed by atoms with Crippen LogP contribution >= 0.6 is 0 Å². The first kappa shape index (κ1) is 38.5. The van der Waals surface area contributed by atoms with Crippen LogP contribution in [0.3, 0.4) is 0 Å². The van der Waals surface area contributed by atoms with Gasteiger partial charge in [0.25, 0.3) is 0 Å². The number of carbonyl (C=O) groups is 2. The number of nitrogens with zero attached hydrogens (tertiary/aromatic N) is 2. The normalized spacial score (nSPS) is 11.3. The molecular formula is C39H64N4O2. The average Bonchev–Trinajstić information content (AvgIpc) is 3.01. The van der Waals surface area contributed by atoms with Crippen LogP contribution in [-0.2, 0) is 16.0 Å². The predicted molar refractivity (Wildman–Crippen MR) is 193 cm³/mol. The second kappa shape index (κ2) is 24.5. The molecule has 6 heteroatoms. The topological polar surface area (TPSA) is 64.7 Å². The quantitative estimate of drug-likeness (QED) is 0.103. The van der Waals surface area contributed by atoms with Gasteiger partial charge in [-0.15, -0.1) is 0 Å². The minimum absolute atomic E-state index is 0.0680. The van der Waals surface area contributed by atoms with Crippen molar-refractivity contribution in [1.29, 1.82) is 0 Å². The van der Waals surface area contributed by atoms with E-state index in [0.29, 0.717) is 12.8 Å². The average molecular weight is 621 g/mol. The Balaban J connectivity index is 1.67. The fraction of sp³-hybridized carbons (Fsp3) is 0.641. The van der Waals surface area contributed by atoms with E-state index in [1.807, 2.05) is 24.3 Å². The molecule has 0 heterocycles. The Morgan fingerprint density at radius 2 is 0.911 bits per heavy atom. The summed E-state index contributed by atoms with van der Waals surface area (Å²) in [4.78, 5) is 29.9. The summed E-state index contributed by atoms with van der Waals surface area (Å²) in [5.41, 5.74) is 3.93.